The van der Waals surface area contributed by atoms with Crippen LogP contribution in [0.4, 0.5) is 0 Å². The summed E-state index contributed by atoms with van der Waals surface area (Å²) >= 11 is 7.59. The van der Waals surface area contributed by atoms with Gasteiger partial charge in [0.05, 0.1) is 27.8 Å². The molecule has 1 unspecified atom stereocenters. The molecule has 26 heavy (non-hydrogen) atoms. The Labute approximate surface area is 161 Å². The predicted molar refractivity (Wildman–Crippen MR) is 109 cm³/mol. The van der Waals surface area contributed by atoms with Crippen LogP contribution in [0.25, 0.3) is 21.3 Å². The summed E-state index contributed by atoms with van der Waals surface area (Å²) in [6, 6.07) is 17.4. The zero-order chi connectivity index (χ0) is 17.7. The van der Waals surface area contributed by atoms with Gasteiger partial charge < -0.3 is 9.47 Å². The monoisotopic (exact) mass is 381 g/mol. The number of aryl methyl sites for hydroxylation is 1. The normalized spacial score (nSPS) is 20.3. The van der Waals surface area contributed by atoms with Crippen molar-refractivity contribution < 1.29 is 4.90 Å². The molecule has 2 aromatic heterocycles. The molecule has 3 heterocycles. The van der Waals surface area contributed by atoms with E-state index in [1.165, 1.54) is 40.1 Å². The molecule has 132 valence electrons. The van der Waals surface area contributed by atoms with E-state index >= 15 is 0 Å². The van der Waals surface area contributed by atoms with Crippen molar-refractivity contribution in [1.82, 2.24) is 14.1 Å². The van der Waals surface area contributed by atoms with E-state index in [0.717, 1.165) is 17.0 Å². The molecule has 1 fully saturated rings. The zero-order valence-corrected chi connectivity index (χ0v) is 16.3. The third-order valence-corrected chi connectivity index (χ3v) is 7.15. The predicted octanol–water partition coefficient (Wildman–Crippen LogP) is 3.70. The van der Waals surface area contributed by atoms with Crippen molar-refractivity contribution in [2.75, 3.05) is 6.54 Å². The summed E-state index contributed by atoms with van der Waals surface area (Å²) in [5.41, 5.74) is 3.55. The van der Waals surface area contributed by atoms with Gasteiger partial charge in [-0.2, -0.15) is 0 Å². The Bertz CT molecular complexity index is 1120. The average Bonchev–Trinajstić information content (AvgIpc) is 3.35. The minimum absolute atomic E-state index is 0.466. The van der Waals surface area contributed by atoms with Crippen molar-refractivity contribution in [3.63, 3.8) is 0 Å². The Morgan fingerprint density at radius 2 is 1.92 bits per heavy atom. The Hall–Kier alpha value is -2.02. The third-order valence-electron chi connectivity index (χ3n) is 5.50. The summed E-state index contributed by atoms with van der Waals surface area (Å²) in [6.45, 7) is 2.08. The molecule has 6 heteroatoms. The van der Waals surface area contributed by atoms with Crippen LogP contribution in [0.3, 0.4) is 0 Å². The van der Waals surface area contributed by atoms with Crippen molar-refractivity contribution in [2.45, 2.75) is 25.6 Å². The number of para-hydroxylation sites is 3. The average molecular weight is 382 g/mol. The number of rotatable bonds is 3. The maximum atomic E-state index is 5.74. The second-order valence-corrected chi connectivity index (χ2v) is 8.47. The zero-order valence-electron chi connectivity index (χ0n) is 14.7. The van der Waals surface area contributed by atoms with Gasteiger partial charge >= 0.3 is 0 Å². The van der Waals surface area contributed by atoms with Crippen molar-refractivity contribution in [3.05, 3.63) is 58.3 Å². The highest BCUT2D eigenvalue weighted by atomic mass is 32.1. The van der Waals surface area contributed by atoms with Crippen LogP contribution in [-0.4, -0.2) is 20.7 Å². The van der Waals surface area contributed by atoms with Crippen LogP contribution in [0.1, 0.15) is 23.9 Å². The van der Waals surface area contributed by atoms with Gasteiger partial charge in [0.15, 0.2) is 16.4 Å². The van der Waals surface area contributed by atoms with Crippen LogP contribution >= 0.6 is 23.6 Å². The minimum atomic E-state index is 0.466. The summed E-state index contributed by atoms with van der Waals surface area (Å²) in [5, 5.41) is 1.27. The van der Waals surface area contributed by atoms with E-state index in [9.17, 15) is 0 Å². The van der Waals surface area contributed by atoms with Crippen molar-refractivity contribution >= 4 is 44.8 Å². The lowest BCUT2D eigenvalue weighted by molar-refractivity contribution is -0.940. The van der Waals surface area contributed by atoms with Crippen molar-refractivity contribution in [3.8, 4) is 0 Å². The van der Waals surface area contributed by atoms with Gasteiger partial charge in [-0.15, -0.1) is 11.3 Å². The number of aromatic nitrogens is 3. The smallest absolute Gasteiger partial charge is 0.184 e. The lowest BCUT2D eigenvalue weighted by Gasteiger charge is -2.20. The van der Waals surface area contributed by atoms with Gasteiger partial charge in [0, 0.05) is 19.9 Å². The molecule has 0 spiro atoms. The van der Waals surface area contributed by atoms with Crippen LogP contribution in [-0.2, 0) is 13.7 Å². The van der Waals surface area contributed by atoms with Crippen molar-refractivity contribution in [2.24, 2.45) is 7.05 Å². The highest BCUT2D eigenvalue weighted by Crippen LogP contribution is 2.29. The summed E-state index contributed by atoms with van der Waals surface area (Å²) in [5.74, 6) is 0. The fourth-order valence-electron chi connectivity index (χ4n) is 4.16. The van der Waals surface area contributed by atoms with Gasteiger partial charge in [0.1, 0.15) is 6.04 Å². The first-order valence-electron chi connectivity index (χ1n) is 9.06. The van der Waals surface area contributed by atoms with Crippen LogP contribution < -0.4 is 4.90 Å². The van der Waals surface area contributed by atoms with Crippen LogP contribution in [0, 0.1) is 4.77 Å². The standard InChI is InChI=1S/C20H20N4S2/c1-22-15-8-3-4-9-16(15)24(20(22)25)13-23-12-6-10-17(23)19-21-14-7-2-5-11-18(14)26-19/h2-5,7-9,11,17H,6,10,12-13H2,1H3/p+1/t17-/m1/s1. The lowest BCUT2D eigenvalue weighted by Crippen LogP contribution is -3.09. The molecular weight excluding hydrogens is 360 g/mol. The van der Waals surface area contributed by atoms with E-state index in [-0.39, 0.29) is 0 Å². The number of benzene rings is 2. The number of hydrogen-bond donors (Lipinski definition) is 1. The molecule has 0 saturated carbocycles. The van der Waals surface area contributed by atoms with Gasteiger partial charge in [-0.3, -0.25) is 4.57 Å². The van der Waals surface area contributed by atoms with Crippen LogP contribution in [0.15, 0.2) is 48.5 Å². The van der Waals surface area contributed by atoms with Gasteiger partial charge in [-0.05, 0) is 36.5 Å². The topological polar surface area (TPSA) is 27.2 Å². The van der Waals surface area contributed by atoms with Gasteiger partial charge in [0.2, 0.25) is 0 Å². The lowest BCUT2D eigenvalue weighted by atomic mass is 10.2. The van der Waals surface area contributed by atoms with Crippen LogP contribution in [0.5, 0.6) is 0 Å². The highest BCUT2D eigenvalue weighted by Gasteiger charge is 2.33. The van der Waals surface area contributed by atoms with E-state index in [2.05, 4.69) is 64.7 Å². The Morgan fingerprint density at radius 3 is 2.77 bits per heavy atom. The number of imidazole rings is 1. The molecule has 1 saturated heterocycles. The van der Waals surface area contributed by atoms with E-state index in [1.54, 1.807) is 4.90 Å². The fraction of sp³-hybridized carbons (Fsp3) is 0.300. The van der Waals surface area contributed by atoms with Crippen molar-refractivity contribution in [1.29, 1.82) is 0 Å². The van der Waals surface area contributed by atoms with E-state index in [4.69, 9.17) is 17.2 Å². The quantitative estimate of drug-likeness (QED) is 0.548. The molecule has 0 aliphatic carbocycles. The highest BCUT2D eigenvalue weighted by molar-refractivity contribution is 7.71. The molecule has 0 radical (unpaired) electrons. The van der Waals surface area contributed by atoms with Gasteiger partial charge in [-0.1, -0.05) is 24.3 Å². The number of nitrogens with zero attached hydrogens (tertiary/aromatic N) is 3. The number of thiazole rings is 1. The Morgan fingerprint density at radius 1 is 1.15 bits per heavy atom. The molecule has 1 N–H and O–H groups in total. The maximum Gasteiger partial charge on any atom is 0.184 e. The molecular formula is C20H21N4S2+. The Balaban J connectivity index is 1.52. The summed E-state index contributed by atoms with van der Waals surface area (Å²) in [4.78, 5) is 6.50. The van der Waals surface area contributed by atoms with E-state index < -0.39 is 0 Å². The van der Waals surface area contributed by atoms with Crippen LogP contribution in [0.2, 0.25) is 0 Å². The second kappa shape index (κ2) is 6.30. The molecule has 0 bridgehead atoms. The first-order valence-corrected chi connectivity index (χ1v) is 10.3. The molecule has 4 aromatic rings. The summed E-state index contributed by atoms with van der Waals surface area (Å²) in [6.07, 6.45) is 2.45. The van der Waals surface area contributed by atoms with Gasteiger partial charge in [0.25, 0.3) is 0 Å². The summed E-state index contributed by atoms with van der Waals surface area (Å²) < 4.78 is 6.60. The Kier molecular flexibility index (Phi) is 3.92. The number of quaternary nitrogens is 1. The SMILES string of the molecule is Cn1c(=S)n(C[NH+]2CCC[C@@H]2c2nc3ccccc3s2)c2ccccc21. The number of fused-ring (bicyclic) bond motifs is 2. The molecule has 4 nitrogen and oxygen atoms in total. The molecule has 2 atom stereocenters. The number of hydrogen-bond acceptors (Lipinski definition) is 3. The maximum absolute atomic E-state index is 5.74. The summed E-state index contributed by atoms with van der Waals surface area (Å²) in [7, 11) is 2.06. The third kappa shape index (κ3) is 2.52. The molecule has 1 aliphatic heterocycles. The molecule has 5 rings (SSSR count). The fourth-order valence-corrected chi connectivity index (χ4v) is 5.58. The minimum Gasteiger partial charge on any atom is -0.320 e. The second-order valence-electron chi connectivity index (χ2n) is 7.04. The molecule has 1 aliphatic rings. The first-order chi connectivity index (χ1) is 12.7. The number of likely N-dealkylation sites (tertiary alicyclic amines) is 1. The van der Waals surface area contributed by atoms with E-state index in [1.807, 2.05) is 11.3 Å². The number of nitrogens with one attached hydrogen (secondary N) is 1. The van der Waals surface area contributed by atoms with E-state index in [0.29, 0.717) is 6.04 Å². The first kappa shape index (κ1) is 16.2. The molecule has 2 aromatic carbocycles. The van der Waals surface area contributed by atoms with Gasteiger partial charge in [-0.25, -0.2) is 4.98 Å². The largest absolute Gasteiger partial charge is 0.320 e. The molecule has 0 amide bonds.